The quantitative estimate of drug-likeness (QED) is 0.176. The average Bonchev–Trinajstić information content (AvgIpc) is 4.13. The van der Waals surface area contributed by atoms with Crippen LogP contribution >= 0.6 is 0 Å². The SMILES string of the molecule is c1ccc2c(c1)oc1c2ccc2c1c1ccccc1n2-c1cccc2c1c1cccc3c4c(-n5c6ccccc6c6c7oc8ccccc8c7ccc65)cccc4n2c13. The Labute approximate surface area is 334 Å². The number of benzene rings is 9. The smallest absolute Gasteiger partial charge is 0.145 e. The second kappa shape index (κ2) is 10.5. The Hall–Kier alpha value is -8.02. The zero-order valence-electron chi connectivity index (χ0n) is 31.4. The van der Waals surface area contributed by atoms with E-state index in [1.54, 1.807) is 0 Å². The third-order valence-corrected chi connectivity index (χ3v) is 13.2. The molecule has 6 heterocycles. The van der Waals surface area contributed by atoms with Crippen LogP contribution in [0.15, 0.2) is 185 Å². The van der Waals surface area contributed by atoms with E-state index in [0.29, 0.717) is 0 Å². The van der Waals surface area contributed by atoms with Crippen LogP contribution in [-0.2, 0) is 0 Å². The third kappa shape index (κ3) is 3.55. The molecule has 0 bridgehead atoms. The van der Waals surface area contributed by atoms with Gasteiger partial charge in [0.1, 0.15) is 22.3 Å². The summed E-state index contributed by atoms with van der Waals surface area (Å²) in [5.74, 6) is 0. The van der Waals surface area contributed by atoms with E-state index in [0.717, 1.165) is 88.1 Å². The molecule has 6 aromatic heterocycles. The maximum atomic E-state index is 6.65. The number of rotatable bonds is 2. The number of furan rings is 2. The zero-order valence-corrected chi connectivity index (χ0v) is 31.4. The Morgan fingerprint density at radius 2 is 0.678 bits per heavy atom. The standard InChI is InChI=1S/C54H29N3O2/c1-5-18-38-34(14-1)50-44(28-26-32-30-12-3-7-24-46(30)58-53(32)50)55(38)40-20-10-22-42-48(40)36-16-9-17-37-49-41(21-11-23-43(49)57(42)52(36)37)56-39-19-6-2-15-35(39)51-45(56)29-27-33-31-13-4-8-25-47(31)59-54(33)51/h1-29H. The van der Waals surface area contributed by atoms with E-state index in [-0.39, 0.29) is 0 Å². The summed E-state index contributed by atoms with van der Waals surface area (Å²) in [6.45, 7) is 0. The van der Waals surface area contributed by atoms with E-state index in [9.17, 15) is 0 Å². The van der Waals surface area contributed by atoms with Crippen molar-refractivity contribution in [3.63, 3.8) is 0 Å². The fourth-order valence-corrected chi connectivity index (χ4v) is 10.9. The van der Waals surface area contributed by atoms with Crippen molar-refractivity contribution in [2.75, 3.05) is 0 Å². The van der Waals surface area contributed by atoms with E-state index in [4.69, 9.17) is 8.83 Å². The lowest BCUT2D eigenvalue weighted by Gasteiger charge is -2.12. The summed E-state index contributed by atoms with van der Waals surface area (Å²) < 4.78 is 20.7. The van der Waals surface area contributed by atoms with Gasteiger partial charge in [-0.15, -0.1) is 0 Å². The first-order valence-corrected chi connectivity index (χ1v) is 20.2. The van der Waals surface area contributed by atoms with E-state index in [1.165, 1.54) is 48.9 Å². The maximum absolute atomic E-state index is 6.65. The highest BCUT2D eigenvalue weighted by molar-refractivity contribution is 6.30. The molecule has 0 saturated heterocycles. The summed E-state index contributed by atoms with van der Waals surface area (Å²) in [4.78, 5) is 0. The molecule has 5 nitrogen and oxygen atoms in total. The summed E-state index contributed by atoms with van der Waals surface area (Å²) >= 11 is 0. The van der Waals surface area contributed by atoms with Gasteiger partial charge in [-0.25, -0.2) is 0 Å². The molecule has 0 saturated carbocycles. The highest BCUT2D eigenvalue weighted by atomic mass is 16.3. The molecule has 59 heavy (non-hydrogen) atoms. The van der Waals surface area contributed by atoms with Gasteiger partial charge in [0.2, 0.25) is 0 Å². The van der Waals surface area contributed by atoms with Crippen molar-refractivity contribution < 1.29 is 8.83 Å². The van der Waals surface area contributed by atoms with Crippen molar-refractivity contribution in [2.24, 2.45) is 0 Å². The predicted molar refractivity (Wildman–Crippen MR) is 244 cm³/mol. The van der Waals surface area contributed by atoms with Crippen LogP contribution in [0.1, 0.15) is 0 Å². The zero-order chi connectivity index (χ0) is 38.1. The van der Waals surface area contributed by atoms with Crippen LogP contribution in [-0.4, -0.2) is 13.5 Å². The van der Waals surface area contributed by atoms with Crippen LogP contribution in [0.4, 0.5) is 0 Å². The molecule has 9 aromatic carbocycles. The van der Waals surface area contributed by atoms with Crippen LogP contribution in [0.5, 0.6) is 0 Å². The minimum Gasteiger partial charge on any atom is -0.455 e. The van der Waals surface area contributed by atoms with Gasteiger partial charge in [-0.1, -0.05) is 103 Å². The topological polar surface area (TPSA) is 40.5 Å². The summed E-state index contributed by atoms with van der Waals surface area (Å²) in [5.41, 5.74) is 14.2. The maximum Gasteiger partial charge on any atom is 0.145 e. The molecule has 0 amide bonds. The molecule has 0 fully saturated rings. The molecule has 0 aliphatic heterocycles. The van der Waals surface area contributed by atoms with Crippen molar-refractivity contribution in [3.05, 3.63) is 176 Å². The Morgan fingerprint density at radius 3 is 1.19 bits per heavy atom. The number of hydrogen-bond donors (Lipinski definition) is 0. The van der Waals surface area contributed by atoms with Gasteiger partial charge < -0.3 is 22.4 Å². The molecule has 272 valence electrons. The number of aromatic nitrogens is 3. The Kier molecular flexibility index (Phi) is 5.36. The lowest BCUT2D eigenvalue weighted by atomic mass is 10.1. The first-order valence-electron chi connectivity index (χ1n) is 20.2. The monoisotopic (exact) mass is 751 g/mol. The molecular weight excluding hydrogens is 723 g/mol. The van der Waals surface area contributed by atoms with E-state index in [1.807, 2.05) is 12.1 Å². The van der Waals surface area contributed by atoms with Crippen molar-refractivity contribution in [1.29, 1.82) is 0 Å². The first-order chi connectivity index (χ1) is 29.3. The van der Waals surface area contributed by atoms with Gasteiger partial charge in [0, 0.05) is 53.9 Å². The molecule has 15 aromatic rings. The lowest BCUT2D eigenvalue weighted by Crippen LogP contribution is -1.96. The second-order valence-corrected chi connectivity index (χ2v) is 16.0. The summed E-state index contributed by atoms with van der Waals surface area (Å²) in [7, 11) is 0. The number of fused-ring (bicyclic) bond motifs is 20. The molecule has 0 aliphatic rings. The molecule has 0 N–H and O–H groups in total. The van der Waals surface area contributed by atoms with Crippen LogP contribution < -0.4 is 0 Å². The molecule has 0 atom stereocenters. The van der Waals surface area contributed by atoms with Crippen LogP contribution in [0, 0.1) is 0 Å². The molecule has 0 radical (unpaired) electrons. The minimum atomic E-state index is 0.911. The minimum absolute atomic E-state index is 0.911. The fraction of sp³-hybridized carbons (Fsp3) is 0. The van der Waals surface area contributed by atoms with Crippen molar-refractivity contribution in [3.8, 4) is 11.4 Å². The van der Waals surface area contributed by atoms with Gasteiger partial charge in [-0.2, -0.15) is 0 Å². The van der Waals surface area contributed by atoms with Gasteiger partial charge in [-0.05, 0) is 72.8 Å². The van der Waals surface area contributed by atoms with Crippen molar-refractivity contribution >= 4 is 126 Å². The average molecular weight is 752 g/mol. The first kappa shape index (κ1) is 30.2. The van der Waals surface area contributed by atoms with Crippen molar-refractivity contribution in [1.82, 2.24) is 13.5 Å². The van der Waals surface area contributed by atoms with Gasteiger partial charge in [-0.3, -0.25) is 0 Å². The van der Waals surface area contributed by atoms with Crippen LogP contribution in [0.2, 0.25) is 0 Å². The number of para-hydroxylation sites is 5. The van der Waals surface area contributed by atoms with Gasteiger partial charge in [0.05, 0.1) is 60.8 Å². The Bertz CT molecular complexity index is 4050. The van der Waals surface area contributed by atoms with E-state index >= 15 is 0 Å². The highest BCUT2D eigenvalue weighted by Crippen LogP contribution is 2.48. The number of hydrogen-bond acceptors (Lipinski definition) is 2. The third-order valence-electron chi connectivity index (χ3n) is 13.2. The van der Waals surface area contributed by atoms with E-state index in [2.05, 4.69) is 177 Å². The second-order valence-electron chi connectivity index (χ2n) is 16.0. The Balaban J connectivity index is 1.05. The molecule has 0 spiro atoms. The molecule has 15 rings (SSSR count). The predicted octanol–water partition coefficient (Wildman–Crippen LogP) is 14.8. The number of nitrogens with zero attached hydrogens (tertiary/aromatic N) is 3. The largest absolute Gasteiger partial charge is 0.455 e. The summed E-state index contributed by atoms with van der Waals surface area (Å²) in [5, 5.41) is 14.1. The highest BCUT2D eigenvalue weighted by Gasteiger charge is 2.26. The fourth-order valence-electron chi connectivity index (χ4n) is 10.9. The van der Waals surface area contributed by atoms with Crippen LogP contribution in [0.25, 0.3) is 137 Å². The normalized spacial score (nSPS) is 12.7. The molecule has 0 aliphatic carbocycles. The molecule has 5 heteroatoms. The van der Waals surface area contributed by atoms with Gasteiger partial charge >= 0.3 is 0 Å². The summed E-state index contributed by atoms with van der Waals surface area (Å²) in [6.07, 6.45) is 0. The summed E-state index contributed by atoms with van der Waals surface area (Å²) in [6, 6.07) is 63.6. The molecular formula is C54H29N3O2. The Morgan fingerprint density at radius 1 is 0.271 bits per heavy atom. The van der Waals surface area contributed by atoms with Crippen molar-refractivity contribution in [2.45, 2.75) is 0 Å². The lowest BCUT2D eigenvalue weighted by molar-refractivity contribution is 0.672. The van der Waals surface area contributed by atoms with E-state index < -0.39 is 0 Å². The van der Waals surface area contributed by atoms with Crippen LogP contribution in [0.3, 0.4) is 0 Å². The van der Waals surface area contributed by atoms with Gasteiger partial charge in [0.25, 0.3) is 0 Å². The van der Waals surface area contributed by atoms with Gasteiger partial charge in [0.15, 0.2) is 0 Å². The molecule has 0 unspecified atom stereocenters.